The number of amides is 1. The summed E-state index contributed by atoms with van der Waals surface area (Å²) in [6, 6.07) is 6.93. The second-order valence-electron chi connectivity index (χ2n) is 6.55. The lowest BCUT2D eigenvalue weighted by atomic mass is 9.97. The third kappa shape index (κ3) is 5.47. The molecule has 1 aromatic heterocycles. The van der Waals surface area contributed by atoms with E-state index in [-0.39, 0.29) is 5.91 Å². The summed E-state index contributed by atoms with van der Waals surface area (Å²) in [5.41, 5.74) is 3.45. The molecule has 2 aromatic rings. The fourth-order valence-corrected chi connectivity index (χ4v) is 3.36. The van der Waals surface area contributed by atoms with Crippen molar-refractivity contribution in [3.8, 4) is 5.75 Å². The van der Waals surface area contributed by atoms with Gasteiger partial charge in [0.2, 0.25) is 0 Å². The van der Waals surface area contributed by atoms with E-state index in [9.17, 15) is 4.79 Å². The topological polar surface area (TPSA) is 63.2 Å². The molecule has 1 heterocycles. The third-order valence-electron chi connectivity index (χ3n) is 4.57. The van der Waals surface area contributed by atoms with E-state index < -0.39 is 0 Å². The number of ether oxygens (including phenoxy) is 1. The van der Waals surface area contributed by atoms with Crippen LogP contribution >= 0.6 is 11.6 Å². The Labute approximate surface area is 164 Å². The van der Waals surface area contributed by atoms with E-state index in [1.165, 1.54) is 31.3 Å². The molecule has 5 nitrogen and oxygen atoms in total. The number of rotatable bonds is 7. The maximum absolute atomic E-state index is 12.5. The Hall–Kier alpha value is -2.53. The first-order chi connectivity index (χ1) is 13.2. The van der Waals surface area contributed by atoms with Gasteiger partial charge in [-0.3, -0.25) is 9.78 Å². The van der Waals surface area contributed by atoms with Crippen LogP contribution in [0.5, 0.6) is 5.75 Å². The molecule has 142 valence electrons. The van der Waals surface area contributed by atoms with Gasteiger partial charge in [-0.1, -0.05) is 23.3 Å². The Kier molecular flexibility index (Phi) is 6.71. The average Bonchev–Trinajstić information content (AvgIpc) is 2.69. The Morgan fingerprint density at radius 1 is 1.22 bits per heavy atom. The molecule has 0 radical (unpaired) electrons. The first-order valence-corrected chi connectivity index (χ1v) is 9.55. The quantitative estimate of drug-likeness (QED) is 0.635. The first-order valence-electron chi connectivity index (χ1n) is 9.17. The number of anilines is 2. The molecule has 1 aromatic carbocycles. The van der Waals surface area contributed by atoms with Crippen LogP contribution in [-0.2, 0) is 0 Å². The van der Waals surface area contributed by atoms with Crippen LogP contribution < -0.4 is 15.4 Å². The fraction of sp³-hybridized carbons (Fsp3) is 0.333. The maximum atomic E-state index is 12.5. The van der Waals surface area contributed by atoms with E-state index in [4.69, 9.17) is 16.3 Å². The molecule has 2 N–H and O–H groups in total. The number of allylic oxidation sites excluding steroid dienone is 1. The summed E-state index contributed by atoms with van der Waals surface area (Å²) in [6.45, 7) is 0.840. The Bertz CT molecular complexity index is 836. The predicted molar refractivity (Wildman–Crippen MR) is 110 cm³/mol. The van der Waals surface area contributed by atoms with Gasteiger partial charge in [0.15, 0.2) is 0 Å². The number of carbonyl (C=O) groups excluding carboxylic acids is 1. The lowest BCUT2D eigenvalue weighted by Crippen LogP contribution is -2.13. The number of benzene rings is 1. The van der Waals surface area contributed by atoms with Crippen LogP contribution in [0, 0.1) is 0 Å². The molecule has 0 saturated carbocycles. The maximum Gasteiger partial charge on any atom is 0.257 e. The lowest BCUT2D eigenvalue weighted by Gasteiger charge is -2.13. The van der Waals surface area contributed by atoms with E-state index in [1.54, 1.807) is 37.7 Å². The van der Waals surface area contributed by atoms with Gasteiger partial charge >= 0.3 is 0 Å². The van der Waals surface area contributed by atoms with Gasteiger partial charge in [0.05, 0.1) is 23.4 Å². The molecule has 6 heteroatoms. The molecule has 0 saturated heterocycles. The van der Waals surface area contributed by atoms with E-state index in [0.717, 1.165) is 18.7 Å². The van der Waals surface area contributed by atoms with Gasteiger partial charge in [0.1, 0.15) is 5.75 Å². The lowest BCUT2D eigenvalue weighted by molar-refractivity contribution is 0.102. The molecule has 1 aliphatic carbocycles. The van der Waals surface area contributed by atoms with Crippen molar-refractivity contribution in [2.45, 2.75) is 32.1 Å². The van der Waals surface area contributed by atoms with Crippen molar-refractivity contribution in [1.29, 1.82) is 0 Å². The van der Waals surface area contributed by atoms with Crippen LogP contribution in [-0.4, -0.2) is 24.5 Å². The van der Waals surface area contributed by atoms with Gasteiger partial charge in [-0.2, -0.15) is 0 Å². The molecule has 1 aliphatic rings. The summed E-state index contributed by atoms with van der Waals surface area (Å²) in [5, 5.41) is 6.63. The van der Waals surface area contributed by atoms with Gasteiger partial charge < -0.3 is 15.4 Å². The van der Waals surface area contributed by atoms with Crippen LogP contribution in [0.15, 0.2) is 48.3 Å². The molecular weight excluding hydrogens is 362 g/mol. The van der Waals surface area contributed by atoms with Gasteiger partial charge in [-0.05, 0) is 56.4 Å². The molecule has 0 aliphatic heterocycles. The number of pyridine rings is 1. The van der Waals surface area contributed by atoms with Gasteiger partial charge in [0, 0.05) is 24.6 Å². The van der Waals surface area contributed by atoms with E-state index in [1.807, 2.05) is 6.07 Å². The second kappa shape index (κ2) is 9.42. The molecule has 0 spiro atoms. The predicted octanol–water partition coefficient (Wildman–Crippen LogP) is 5.30. The minimum atomic E-state index is -0.234. The highest BCUT2D eigenvalue weighted by atomic mass is 35.5. The number of carbonyl (C=O) groups is 1. The summed E-state index contributed by atoms with van der Waals surface area (Å²) in [4.78, 5) is 16.7. The van der Waals surface area contributed by atoms with Gasteiger partial charge in [0.25, 0.3) is 5.91 Å². The average molecular weight is 386 g/mol. The van der Waals surface area contributed by atoms with Crippen LogP contribution in [0.25, 0.3) is 0 Å². The van der Waals surface area contributed by atoms with Gasteiger partial charge in [-0.25, -0.2) is 0 Å². The van der Waals surface area contributed by atoms with Crippen LogP contribution in [0.3, 0.4) is 0 Å². The number of methoxy groups -OCH3 is 1. The largest absolute Gasteiger partial charge is 0.495 e. The monoisotopic (exact) mass is 385 g/mol. The number of halogens is 1. The summed E-state index contributed by atoms with van der Waals surface area (Å²) in [5.74, 6) is 0.331. The Balaban J connectivity index is 1.58. The van der Waals surface area contributed by atoms with E-state index in [2.05, 4.69) is 21.7 Å². The molecule has 0 fully saturated rings. The number of nitrogens with zero attached hydrogens (tertiary/aromatic N) is 1. The van der Waals surface area contributed by atoms with Crippen molar-refractivity contribution in [2.75, 3.05) is 24.3 Å². The molecule has 27 heavy (non-hydrogen) atoms. The summed E-state index contributed by atoms with van der Waals surface area (Å²) >= 11 is 6.10. The highest BCUT2D eigenvalue weighted by Gasteiger charge is 2.10. The molecule has 0 unspecified atom stereocenters. The standard InChI is InChI=1S/C21H24ClN3O2/c1-27-20-8-7-17(12-19(20)22)25-21(26)16-11-18(14-23-13-16)24-10-9-15-5-3-2-4-6-15/h5,7-8,11-14,24H,2-4,6,9-10H2,1H3,(H,25,26). The van der Waals surface area contributed by atoms with Crippen LogP contribution in [0.1, 0.15) is 42.5 Å². The minimum Gasteiger partial charge on any atom is -0.495 e. The molecule has 1 amide bonds. The molecule has 0 bridgehead atoms. The summed E-state index contributed by atoms with van der Waals surface area (Å²) < 4.78 is 5.12. The van der Waals surface area contributed by atoms with Crippen molar-refractivity contribution < 1.29 is 9.53 Å². The highest BCUT2D eigenvalue weighted by molar-refractivity contribution is 6.32. The van der Waals surface area contributed by atoms with E-state index in [0.29, 0.717) is 22.0 Å². The summed E-state index contributed by atoms with van der Waals surface area (Å²) in [7, 11) is 1.55. The third-order valence-corrected chi connectivity index (χ3v) is 4.87. The zero-order valence-electron chi connectivity index (χ0n) is 15.4. The second-order valence-corrected chi connectivity index (χ2v) is 6.96. The first kappa shape index (κ1) is 19.2. The summed E-state index contributed by atoms with van der Waals surface area (Å²) in [6.07, 6.45) is 11.7. The minimum absolute atomic E-state index is 0.234. The van der Waals surface area contributed by atoms with Crippen molar-refractivity contribution in [2.24, 2.45) is 0 Å². The van der Waals surface area contributed by atoms with Crippen molar-refractivity contribution in [1.82, 2.24) is 4.98 Å². The van der Waals surface area contributed by atoms with Crippen molar-refractivity contribution in [3.63, 3.8) is 0 Å². The molecule has 3 rings (SSSR count). The molecule has 0 atom stereocenters. The van der Waals surface area contributed by atoms with E-state index >= 15 is 0 Å². The van der Waals surface area contributed by atoms with Crippen LogP contribution in [0.4, 0.5) is 11.4 Å². The fourth-order valence-electron chi connectivity index (χ4n) is 3.11. The SMILES string of the molecule is COc1ccc(NC(=O)c2cncc(NCCC3=CCCCC3)c2)cc1Cl. The van der Waals surface area contributed by atoms with Crippen LogP contribution in [0.2, 0.25) is 5.02 Å². The normalized spacial score (nSPS) is 13.6. The number of nitrogens with one attached hydrogen (secondary N) is 2. The highest BCUT2D eigenvalue weighted by Crippen LogP contribution is 2.27. The number of hydrogen-bond acceptors (Lipinski definition) is 4. The number of aromatic nitrogens is 1. The molecular formula is C21H24ClN3O2. The van der Waals surface area contributed by atoms with Crippen molar-refractivity contribution in [3.05, 3.63) is 58.9 Å². The zero-order chi connectivity index (χ0) is 19.1. The zero-order valence-corrected chi connectivity index (χ0v) is 16.2. The Morgan fingerprint density at radius 3 is 2.85 bits per heavy atom. The smallest absolute Gasteiger partial charge is 0.257 e. The van der Waals surface area contributed by atoms with Crippen molar-refractivity contribution >= 4 is 28.9 Å². The van der Waals surface area contributed by atoms with Gasteiger partial charge in [-0.15, -0.1) is 0 Å². The number of hydrogen-bond donors (Lipinski definition) is 2. The Morgan fingerprint density at radius 2 is 2.11 bits per heavy atom.